The van der Waals surface area contributed by atoms with E-state index < -0.39 is 10.2 Å². The van der Waals surface area contributed by atoms with Gasteiger partial charge in [-0.1, -0.05) is 35.6 Å². The number of aromatic nitrogens is 1. The summed E-state index contributed by atoms with van der Waals surface area (Å²) in [6.45, 7) is 3.02. The van der Waals surface area contributed by atoms with Crippen molar-refractivity contribution in [1.29, 1.82) is 0 Å². The second-order valence-electron chi connectivity index (χ2n) is 7.60. The van der Waals surface area contributed by atoms with Crippen molar-refractivity contribution >= 4 is 42.8 Å². The molecule has 0 spiro atoms. The predicted molar refractivity (Wildman–Crippen MR) is 123 cm³/mol. The van der Waals surface area contributed by atoms with E-state index in [0.29, 0.717) is 36.9 Å². The summed E-state index contributed by atoms with van der Waals surface area (Å²) in [4.78, 5) is 19.2. The van der Waals surface area contributed by atoms with Crippen LogP contribution in [0.4, 0.5) is 5.13 Å². The molecule has 3 aromatic rings. The van der Waals surface area contributed by atoms with Crippen LogP contribution in [0.1, 0.15) is 15.9 Å². The maximum absolute atomic E-state index is 12.6. The van der Waals surface area contributed by atoms with Crippen LogP contribution in [0.3, 0.4) is 0 Å². The highest BCUT2D eigenvalue weighted by Crippen LogP contribution is 2.25. The number of piperazine rings is 1. The minimum atomic E-state index is -3.35. The SMILES string of the molecule is CN(C)S(=O)(=O)N1CCN(Cc2ccc(C(=O)Nc3nc4ccccc4s3)cc2)CC1. The Morgan fingerprint density at radius 2 is 1.74 bits per heavy atom. The number of hydrogen-bond acceptors (Lipinski definition) is 6. The van der Waals surface area contributed by atoms with Crippen LogP contribution in [0, 0.1) is 0 Å². The molecular formula is C21H25N5O3S2. The van der Waals surface area contributed by atoms with E-state index in [1.165, 1.54) is 19.9 Å². The summed E-state index contributed by atoms with van der Waals surface area (Å²) >= 11 is 1.45. The van der Waals surface area contributed by atoms with Gasteiger partial charge in [-0.15, -0.1) is 0 Å². The van der Waals surface area contributed by atoms with Crippen molar-refractivity contribution < 1.29 is 13.2 Å². The number of para-hydroxylation sites is 1. The van der Waals surface area contributed by atoms with Gasteiger partial charge in [-0.2, -0.15) is 17.0 Å². The molecule has 1 aliphatic heterocycles. The molecule has 0 bridgehead atoms. The van der Waals surface area contributed by atoms with Gasteiger partial charge in [0.1, 0.15) is 0 Å². The van der Waals surface area contributed by atoms with E-state index in [4.69, 9.17) is 0 Å². The van der Waals surface area contributed by atoms with Crippen molar-refractivity contribution in [3.63, 3.8) is 0 Å². The lowest BCUT2D eigenvalue weighted by Gasteiger charge is -2.35. The summed E-state index contributed by atoms with van der Waals surface area (Å²) in [5.41, 5.74) is 2.53. The lowest BCUT2D eigenvalue weighted by Crippen LogP contribution is -2.51. The third-order valence-electron chi connectivity index (χ3n) is 5.26. The van der Waals surface area contributed by atoms with Crippen molar-refractivity contribution in [3.05, 3.63) is 59.7 Å². The van der Waals surface area contributed by atoms with Crippen molar-refractivity contribution in [3.8, 4) is 0 Å². The summed E-state index contributed by atoms with van der Waals surface area (Å²) in [6.07, 6.45) is 0. The Labute approximate surface area is 186 Å². The summed E-state index contributed by atoms with van der Waals surface area (Å²) in [5, 5.41) is 3.45. The quantitative estimate of drug-likeness (QED) is 0.612. The minimum Gasteiger partial charge on any atom is -0.298 e. The van der Waals surface area contributed by atoms with E-state index in [0.717, 1.165) is 22.3 Å². The number of rotatable bonds is 6. The highest BCUT2D eigenvalue weighted by molar-refractivity contribution is 7.86. The largest absolute Gasteiger partial charge is 0.298 e. The van der Waals surface area contributed by atoms with Crippen LogP contribution in [0.15, 0.2) is 48.5 Å². The lowest BCUT2D eigenvalue weighted by atomic mass is 10.1. The molecule has 2 aromatic carbocycles. The van der Waals surface area contributed by atoms with E-state index in [1.807, 2.05) is 48.5 Å². The summed E-state index contributed by atoms with van der Waals surface area (Å²) in [5.74, 6) is -0.187. The summed E-state index contributed by atoms with van der Waals surface area (Å²) in [6, 6.07) is 15.3. The normalized spacial score (nSPS) is 16.1. The van der Waals surface area contributed by atoms with E-state index in [-0.39, 0.29) is 5.91 Å². The van der Waals surface area contributed by atoms with E-state index in [9.17, 15) is 13.2 Å². The Morgan fingerprint density at radius 1 is 1.06 bits per heavy atom. The van der Waals surface area contributed by atoms with E-state index in [1.54, 1.807) is 14.1 Å². The molecule has 2 heterocycles. The average molecular weight is 460 g/mol. The molecule has 0 unspecified atom stereocenters. The number of carbonyl (C=O) groups excluding carboxylic acids is 1. The first-order chi connectivity index (χ1) is 14.8. The van der Waals surface area contributed by atoms with Crippen LogP contribution < -0.4 is 5.32 Å². The zero-order valence-corrected chi connectivity index (χ0v) is 19.1. The second-order valence-corrected chi connectivity index (χ2v) is 10.8. The first-order valence-corrected chi connectivity index (χ1v) is 12.2. The molecular weight excluding hydrogens is 434 g/mol. The number of benzene rings is 2. The number of hydrogen-bond donors (Lipinski definition) is 1. The number of carbonyl (C=O) groups is 1. The first kappa shape index (κ1) is 21.8. The van der Waals surface area contributed by atoms with Gasteiger partial charge in [0, 0.05) is 52.4 Å². The number of thiazole rings is 1. The van der Waals surface area contributed by atoms with Crippen LogP contribution >= 0.6 is 11.3 Å². The van der Waals surface area contributed by atoms with Crippen LogP contribution in [0.25, 0.3) is 10.2 Å². The van der Waals surface area contributed by atoms with Crippen molar-refractivity contribution in [2.75, 3.05) is 45.6 Å². The third-order valence-corrected chi connectivity index (χ3v) is 8.15. The molecule has 1 aliphatic rings. The summed E-state index contributed by atoms with van der Waals surface area (Å²) in [7, 11) is -0.251. The van der Waals surface area contributed by atoms with Gasteiger partial charge >= 0.3 is 0 Å². The smallest absolute Gasteiger partial charge is 0.281 e. The Balaban J connectivity index is 1.32. The average Bonchev–Trinajstić information content (AvgIpc) is 3.17. The molecule has 0 atom stereocenters. The molecule has 1 saturated heterocycles. The van der Waals surface area contributed by atoms with Gasteiger partial charge in [0.2, 0.25) is 0 Å². The Morgan fingerprint density at radius 3 is 2.39 bits per heavy atom. The van der Waals surface area contributed by atoms with Crippen LogP contribution in [0.5, 0.6) is 0 Å². The molecule has 164 valence electrons. The molecule has 8 nitrogen and oxygen atoms in total. The van der Waals surface area contributed by atoms with Crippen molar-refractivity contribution in [2.24, 2.45) is 0 Å². The predicted octanol–water partition coefficient (Wildman–Crippen LogP) is 2.47. The fourth-order valence-electron chi connectivity index (χ4n) is 3.46. The van der Waals surface area contributed by atoms with Crippen molar-refractivity contribution in [1.82, 2.24) is 18.5 Å². The van der Waals surface area contributed by atoms with Gasteiger partial charge in [0.15, 0.2) is 5.13 Å². The lowest BCUT2D eigenvalue weighted by molar-refractivity contribution is 0.102. The number of amides is 1. The molecule has 0 aliphatic carbocycles. The topological polar surface area (TPSA) is 85.9 Å². The Hall–Kier alpha value is -2.37. The number of anilines is 1. The van der Waals surface area contributed by atoms with E-state index >= 15 is 0 Å². The van der Waals surface area contributed by atoms with Gasteiger partial charge in [-0.25, -0.2) is 4.98 Å². The molecule has 10 heteroatoms. The third kappa shape index (κ3) is 4.94. The second kappa shape index (κ2) is 9.01. The van der Waals surface area contributed by atoms with Gasteiger partial charge < -0.3 is 0 Å². The maximum Gasteiger partial charge on any atom is 0.281 e. The van der Waals surface area contributed by atoms with Gasteiger partial charge in [-0.3, -0.25) is 15.0 Å². The van der Waals surface area contributed by atoms with E-state index in [2.05, 4.69) is 15.2 Å². The van der Waals surface area contributed by atoms with Crippen LogP contribution in [-0.2, 0) is 16.8 Å². The fraction of sp³-hybridized carbons (Fsp3) is 0.333. The molecule has 1 N–H and O–H groups in total. The molecule has 4 rings (SSSR count). The molecule has 0 saturated carbocycles. The first-order valence-electron chi connectivity index (χ1n) is 9.99. The zero-order chi connectivity index (χ0) is 22.0. The van der Waals surface area contributed by atoms with Gasteiger partial charge in [-0.05, 0) is 29.8 Å². The number of fused-ring (bicyclic) bond motifs is 1. The molecule has 1 fully saturated rings. The Bertz CT molecular complexity index is 1130. The highest BCUT2D eigenvalue weighted by atomic mass is 32.2. The molecule has 1 aromatic heterocycles. The number of nitrogens with zero attached hydrogens (tertiary/aromatic N) is 4. The molecule has 31 heavy (non-hydrogen) atoms. The van der Waals surface area contributed by atoms with Crippen molar-refractivity contribution in [2.45, 2.75) is 6.54 Å². The molecule has 1 amide bonds. The van der Waals surface area contributed by atoms with Gasteiger partial charge in [0.05, 0.1) is 10.2 Å². The van der Waals surface area contributed by atoms with Crippen LogP contribution in [-0.4, -0.2) is 73.1 Å². The zero-order valence-electron chi connectivity index (χ0n) is 17.5. The van der Waals surface area contributed by atoms with Crippen LogP contribution in [0.2, 0.25) is 0 Å². The Kier molecular flexibility index (Phi) is 6.35. The monoisotopic (exact) mass is 459 g/mol. The fourth-order valence-corrected chi connectivity index (χ4v) is 5.41. The van der Waals surface area contributed by atoms with Gasteiger partial charge in [0.25, 0.3) is 16.1 Å². The molecule has 0 radical (unpaired) electrons. The number of nitrogens with one attached hydrogen (secondary N) is 1. The maximum atomic E-state index is 12.6. The standard InChI is InChI=1S/C21H25N5O3S2/c1-24(2)31(28,29)26-13-11-25(12-14-26)15-16-7-9-17(10-8-16)20(27)23-21-22-18-5-3-4-6-19(18)30-21/h3-10H,11-15H2,1-2H3,(H,22,23,27). The minimum absolute atomic E-state index is 0.187. The summed E-state index contributed by atoms with van der Waals surface area (Å²) < 4.78 is 28.2. The highest BCUT2D eigenvalue weighted by Gasteiger charge is 2.28.